The van der Waals surface area contributed by atoms with E-state index in [9.17, 15) is 4.79 Å². The molecule has 0 aliphatic carbocycles. The van der Waals surface area contributed by atoms with Gasteiger partial charge in [-0.1, -0.05) is 13.5 Å². The molecule has 0 spiro atoms. The lowest BCUT2D eigenvalue weighted by molar-refractivity contribution is -0.119. The molecule has 6 heteroatoms. The highest BCUT2D eigenvalue weighted by molar-refractivity contribution is 7.30. The van der Waals surface area contributed by atoms with Gasteiger partial charge in [0.1, 0.15) is 0 Å². The van der Waals surface area contributed by atoms with E-state index < -0.39 is 8.25 Å². The molecule has 0 atom stereocenters. The second kappa shape index (κ2) is 7.51. The van der Waals surface area contributed by atoms with E-state index in [2.05, 4.69) is 11.9 Å². The first-order valence-corrected chi connectivity index (χ1v) is 5.62. The largest absolute Gasteiger partial charge is 0.692 e. The van der Waals surface area contributed by atoms with Crippen molar-refractivity contribution in [3.8, 4) is 0 Å². The Labute approximate surface area is 91.2 Å². The van der Waals surface area contributed by atoms with Crippen molar-refractivity contribution in [3.63, 3.8) is 0 Å². The molecule has 0 unspecified atom stereocenters. The van der Waals surface area contributed by atoms with Gasteiger partial charge in [-0.2, -0.15) is 0 Å². The summed E-state index contributed by atoms with van der Waals surface area (Å²) in [6.45, 7) is 11.3. The number of nitrogens with one attached hydrogen (secondary N) is 1. The van der Waals surface area contributed by atoms with Crippen LogP contribution in [0.15, 0.2) is 12.2 Å². The van der Waals surface area contributed by atoms with Gasteiger partial charge < -0.3 is 5.32 Å². The average molecular weight is 236 g/mol. The zero-order valence-electron chi connectivity index (χ0n) is 9.57. The smallest absolute Gasteiger partial charge is 0.347 e. The van der Waals surface area contributed by atoms with Crippen molar-refractivity contribution in [1.29, 1.82) is 0 Å². The Morgan fingerprint density at radius 3 is 2.00 bits per heavy atom. The first-order valence-electron chi connectivity index (χ1n) is 4.45. The highest BCUT2D eigenvalue weighted by Crippen LogP contribution is 2.07. The van der Waals surface area contributed by atoms with E-state index in [-0.39, 0.29) is 11.4 Å². The molecule has 0 fully saturated rings. The summed E-state index contributed by atoms with van der Waals surface area (Å²) in [4.78, 5) is 25.3. The minimum Gasteiger partial charge on any atom is -0.347 e. The normalized spacial score (nSPS) is 9.73. The molecule has 15 heavy (non-hydrogen) atoms. The van der Waals surface area contributed by atoms with Crippen LogP contribution in [0.2, 0.25) is 0 Å². The van der Waals surface area contributed by atoms with E-state index in [4.69, 9.17) is 14.4 Å². The lowest BCUT2D eigenvalue weighted by Crippen LogP contribution is -2.42. The van der Waals surface area contributed by atoms with E-state index in [0.717, 1.165) is 6.42 Å². The highest BCUT2D eigenvalue weighted by atomic mass is 31.1. The molecule has 0 aliphatic heterocycles. The lowest BCUT2D eigenvalue weighted by Gasteiger charge is -2.24. The molecule has 5 nitrogen and oxygen atoms in total. The second-order valence-electron chi connectivity index (χ2n) is 3.72. The van der Waals surface area contributed by atoms with Crippen molar-refractivity contribution in [1.82, 2.24) is 5.32 Å². The van der Waals surface area contributed by atoms with Crippen molar-refractivity contribution < 1.29 is 19.1 Å². The van der Waals surface area contributed by atoms with Crippen LogP contribution in [0.25, 0.3) is 0 Å². The van der Waals surface area contributed by atoms with Gasteiger partial charge in [0.15, 0.2) is 0 Å². The fourth-order valence-electron chi connectivity index (χ4n) is 0.502. The predicted octanol–water partition coefficient (Wildman–Crippen LogP) is 1.50. The third kappa shape index (κ3) is 13.2. The monoisotopic (exact) mass is 236 g/mol. The summed E-state index contributed by atoms with van der Waals surface area (Å²) in [5.41, 5.74) is 0.447. The van der Waals surface area contributed by atoms with Crippen LogP contribution in [-0.4, -0.2) is 21.2 Å². The molecular formula is C9H19NO4P+. The van der Waals surface area contributed by atoms with Gasteiger partial charge in [-0.3, -0.25) is 4.79 Å². The molecule has 0 saturated carbocycles. The third-order valence-corrected chi connectivity index (χ3v) is 1.72. The third-order valence-electron chi connectivity index (χ3n) is 1.72. The summed E-state index contributed by atoms with van der Waals surface area (Å²) < 4.78 is 8.70. The second-order valence-corrected chi connectivity index (χ2v) is 4.23. The Balaban J connectivity index is 0. The number of carbonyl (C=O) groups excluding carboxylic acids is 1. The van der Waals surface area contributed by atoms with Crippen LogP contribution >= 0.6 is 8.25 Å². The molecular weight excluding hydrogens is 217 g/mol. The maximum absolute atomic E-state index is 11.1. The van der Waals surface area contributed by atoms with E-state index in [1.807, 2.05) is 20.8 Å². The highest BCUT2D eigenvalue weighted by Gasteiger charge is 2.17. The fourth-order valence-corrected chi connectivity index (χ4v) is 0.502. The fraction of sp³-hybridized carbons (Fsp3) is 0.667. The Hall–Kier alpha value is -0.770. The molecule has 0 bridgehead atoms. The number of amides is 1. The van der Waals surface area contributed by atoms with Gasteiger partial charge in [0.2, 0.25) is 5.91 Å². The number of hydrogen-bond donors (Lipinski definition) is 3. The molecule has 0 aromatic carbocycles. The minimum absolute atomic E-state index is 0.0585. The summed E-state index contributed by atoms with van der Waals surface area (Å²) in [6, 6.07) is 0. The zero-order valence-corrected chi connectivity index (χ0v) is 10.5. The van der Waals surface area contributed by atoms with Crippen LogP contribution in [-0.2, 0) is 9.36 Å². The molecule has 0 aliphatic rings. The van der Waals surface area contributed by atoms with Crippen molar-refractivity contribution in [2.75, 3.05) is 0 Å². The standard InChI is InChI=1S/C9H17NO.HO3P/c1-6-9(4,5)10-8(11)7(2)3;1-4(2)3/h2,6H2,1,3-5H3,(H,10,11);(H-,1,2,3)/p+1. The summed E-state index contributed by atoms with van der Waals surface area (Å²) in [5, 5.41) is 2.87. The van der Waals surface area contributed by atoms with E-state index in [0.29, 0.717) is 5.57 Å². The van der Waals surface area contributed by atoms with Crippen molar-refractivity contribution >= 4 is 14.2 Å². The van der Waals surface area contributed by atoms with E-state index in [1.165, 1.54) is 0 Å². The van der Waals surface area contributed by atoms with Gasteiger partial charge in [-0.15, -0.1) is 9.79 Å². The summed E-state index contributed by atoms with van der Waals surface area (Å²) in [7, 11) is -2.87. The van der Waals surface area contributed by atoms with Gasteiger partial charge in [0.25, 0.3) is 0 Å². The van der Waals surface area contributed by atoms with Gasteiger partial charge in [0, 0.05) is 15.7 Å². The molecule has 0 rings (SSSR count). The minimum atomic E-state index is -2.87. The van der Waals surface area contributed by atoms with Crippen LogP contribution in [0.4, 0.5) is 0 Å². The lowest BCUT2D eigenvalue weighted by atomic mass is 10.0. The van der Waals surface area contributed by atoms with E-state index in [1.54, 1.807) is 6.92 Å². The molecule has 0 aromatic rings. The SMILES string of the molecule is C=C(C)C(=O)NC(C)(C)CC.O=[P+](O)O. The molecule has 0 heterocycles. The zero-order chi connectivity index (χ0) is 12.6. The van der Waals surface area contributed by atoms with Crippen molar-refractivity contribution in [3.05, 3.63) is 12.2 Å². The molecule has 0 aromatic heterocycles. The molecule has 0 radical (unpaired) electrons. The molecule has 88 valence electrons. The molecule has 3 N–H and O–H groups in total. The predicted molar refractivity (Wildman–Crippen MR) is 59.4 cm³/mol. The summed E-state index contributed by atoms with van der Waals surface area (Å²) in [5.74, 6) is -0.0585. The van der Waals surface area contributed by atoms with Crippen LogP contribution in [0, 0.1) is 0 Å². The number of hydrogen-bond acceptors (Lipinski definition) is 2. The Morgan fingerprint density at radius 2 is 1.80 bits per heavy atom. The average Bonchev–Trinajstić information content (AvgIpc) is 2.02. The first kappa shape index (κ1) is 16.7. The van der Waals surface area contributed by atoms with Crippen LogP contribution < -0.4 is 5.32 Å². The van der Waals surface area contributed by atoms with Gasteiger partial charge >= 0.3 is 8.25 Å². The number of carbonyl (C=O) groups is 1. The van der Waals surface area contributed by atoms with E-state index >= 15 is 0 Å². The van der Waals surface area contributed by atoms with Gasteiger partial charge in [-0.25, -0.2) is 0 Å². The topological polar surface area (TPSA) is 86.6 Å². The maximum Gasteiger partial charge on any atom is 0.692 e. The first-order chi connectivity index (χ1) is 6.62. The Bertz CT molecular complexity index is 246. The molecule has 1 amide bonds. The maximum atomic E-state index is 11.1. The Morgan fingerprint density at radius 1 is 1.47 bits per heavy atom. The molecule has 0 saturated heterocycles. The quantitative estimate of drug-likeness (QED) is 0.512. The van der Waals surface area contributed by atoms with Crippen LogP contribution in [0.5, 0.6) is 0 Å². The van der Waals surface area contributed by atoms with Gasteiger partial charge in [-0.05, 0) is 27.2 Å². The van der Waals surface area contributed by atoms with Crippen molar-refractivity contribution in [2.45, 2.75) is 39.7 Å². The summed E-state index contributed by atoms with van der Waals surface area (Å²) in [6.07, 6.45) is 0.923. The van der Waals surface area contributed by atoms with Crippen molar-refractivity contribution in [2.24, 2.45) is 0 Å². The van der Waals surface area contributed by atoms with Gasteiger partial charge in [0.05, 0.1) is 0 Å². The number of rotatable bonds is 3. The summed E-state index contributed by atoms with van der Waals surface area (Å²) >= 11 is 0. The Kier molecular flexibility index (Phi) is 8.34. The van der Waals surface area contributed by atoms with Crippen LogP contribution in [0.3, 0.4) is 0 Å². The van der Waals surface area contributed by atoms with Crippen LogP contribution in [0.1, 0.15) is 34.1 Å².